The number of ether oxygens (including phenoxy) is 2. The van der Waals surface area contributed by atoms with Crippen LogP contribution in [-0.2, 0) is 14.3 Å². The molecule has 0 bridgehead atoms. The molecule has 6 nitrogen and oxygen atoms in total. The highest BCUT2D eigenvalue weighted by atomic mass is 19.4. The molecule has 1 aliphatic carbocycles. The second kappa shape index (κ2) is 9.41. The summed E-state index contributed by atoms with van der Waals surface area (Å²) in [5.74, 6) is -5.45. The van der Waals surface area contributed by atoms with Crippen molar-refractivity contribution in [2.24, 2.45) is 16.7 Å². The molecule has 0 spiro atoms. The number of aliphatic carboxylic acids is 1. The van der Waals surface area contributed by atoms with Crippen LogP contribution >= 0.6 is 0 Å². The van der Waals surface area contributed by atoms with Crippen molar-refractivity contribution in [1.82, 2.24) is 0 Å². The van der Waals surface area contributed by atoms with E-state index in [1.807, 2.05) is 6.07 Å². The summed E-state index contributed by atoms with van der Waals surface area (Å²) >= 11 is 0. The second-order valence-corrected chi connectivity index (χ2v) is 8.62. The quantitative estimate of drug-likeness (QED) is 0.293. The van der Waals surface area contributed by atoms with Gasteiger partial charge in [0.15, 0.2) is 18.2 Å². The summed E-state index contributed by atoms with van der Waals surface area (Å²) in [5, 5.41) is 20.1. The van der Waals surface area contributed by atoms with Gasteiger partial charge in [0.25, 0.3) is 0 Å². The molecule has 3 atom stereocenters. The summed E-state index contributed by atoms with van der Waals surface area (Å²) in [6.45, 7) is 1.34. The number of carbonyl (C=O) groups excluding carboxylic acids is 1. The maximum atomic E-state index is 14.4. The average Bonchev–Trinajstić information content (AvgIpc) is 3.29. The van der Waals surface area contributed by atoms with Crippen LogP contribution < -0.4 is 4.74 Å². The van der Waals surface area contributed by atoms with Crippen LogP contribution in [0.3, 0.4) is 0 Å². The molecule has 0 saturated heterocycles. The van der Waals surface area contributed by atoms with Crippen molar-refractivity contribution in [1.29, 1.82) is 5.26 Å². The fraction of sp³-hybridized carbons (Fsp3) is 0.320. The highest BCUT2D eigenvalue weighted by Gasteiger charge is 2.78. The molecule has 184 valence electrons. The summed E-state index contributed by atoms with van der Waals surface area (Å²) in [5.41, 5.74) is -2.65. The molecule has 3 rings (SSSR count). The predicted molar refractivity (Wildman–Crippen MR) is 115 cm³/mol. The number of nitrogens with zero attached hydrogens (tertiary/aromatic N) is 1. The van der Waals surface area contributed by atoms with Gasteiger partial charge in [-0.3, -0.25) is 4.79 Å². The number of carbonyl (C=O) groups is 2. The van der Waals surface area contributed by atoms with Gasteiger partial charge in [0.2, 0.25) is 0 Å². The third kappa shape index (κ3) is 4.99. The Morgan fingerprint density at radius 3 is 2.43 bits per heavy atom. The zero-order valence-electron chi connectivity index (χ0n) is 18.7. The van der Waals surface area contributed by atoms with Gasteiger partial charge in [-0.05, 0) is 35.2 Å². The van der Waals surface area contributed by atoms with Crippen LogP contribution in [0.1, 0.15) is 25.3 Å². The summed E-state index contributed by atoms with van der Waals surface area (Å²) in [6, 6.07) is 13.8. The van der Waals surface area contributed by atoms with Crippen molar-refractivity contribution in [3.8, 4) is 17.6 Å². The minimum Gasteiger partial charge on any atom is -0.481 e. The third-order valence-electron chi connectivity index (χ3n) is 6.25. The van der Waals surface area contributed by atoms with Gasteiger partial charge >= 0.3 is 18.1 Å². The number of carboxylic acids is 1. The van der Waals surface area contributed by atoms with E-state index in [2.05, 4.69) is 4.74 Å². The van der Waals surface area contributed by atoms with Crippen LogP contribution in [0.2, 0.25) is 0 Å². The van der Waals surface area contributed by atoms with Crippen molar-refractivity contribution in [3.63, 3.8) is 0 Å². The smallest absolute Gasteiger partial charge is 0.422 e. The number of esters is 1. The number of para-hydroxylation sites is 1. The first kappa shape index (κ1) is 25.7. The molecule has 0 amide bonds. The molecule has 2 aromatic carbocycles. The maximum absolute atomic E-state index is 14.4. The lowest BCUT2D eigenvalue weighted by molar-refractivity contribution is -0.182. The lowest BCUT2D eigenvalue weighted by atomic mass is 9.78. The number of hydrogen-bond donors (Lipinski definition) is 1. The molecule has 0 heterocycles. The van der Waals surface area contributed by atoms with E-state index in [1.54, 1.807) is 44.2 Å². The molecule has 2 aromatic rings. The van der Waals surface area contributed by atoms with E-state index in [9.17, 15) is 37.5 Å². The fourth-order valence-electron chi connectivity index (χ4n) is 4.52. The first-order chi connectivity index (χ1) is 16.3. The number of allylic oxidation sites excluding steroid dienone is 1. The van der Waals surface area contributed by atoms with E-state index in [0.717, 1.165) is 18.2 Å². The Bertz CT molecular complexity index is 1190. The molecule has 1 aliphatic rings. The predicted octanol–water partition coefficient (Wildman–Crippen LogP) is 5.61. The Morgan fingerprint density at radius 1 is 1.20 bits per heavy atom. The summed E-state index contributed by atoms with van der Waals surface area (Å²) in [7, 11) is 0. The van der Waals surface area contributed by atoms with Gasteiger partial charge in [0.05, 0.1) is 12.0 Å². The van der Waals surface area contributed by atoms with Crippen LogP contribution in [0.5, 0.6) is 11.5 Å². The van der Waals surface area contributed by atoms with Gasteiger partial charge in [-0.1, -0.05) is 44.2 Å². The van der Waals surface area contributed by atoms with Gasteiger partial charge in [0, 0.05) is 12.0 Å². The standard InChI is InChI=1S/C25H21F4NO5/c1-23(2)20(10-11-21(31)34-14-24(27,28)29)25(23,22(32)33)17(13-30)15-8-9-18(26)19(12-15)35-16-6-4-3-5-7-16/h3-12,17,20H,14H2,1-2H3,(H,32,33)/b11-10-/t17-,20-,25+/m0/s1. The Labute approximate surface area is 198 Å². The number of nitriles is 1. The zero-order valence-corrected chi connectivity index (χ0v) is 18.7. The minimum absolute atomic E-state index is 0.172. The van der Waals surface area contributed by atoms with E-state index < -0.39 is 53.2 Å². The molecule has 0 unspecified atom stereocenters. The summed E-state index contributed by atoms with van der Waals surface area (Å²) < 4.78 is 60.9. The van der Waals surface area contributed by atoms with Crippen molar-refractivity contribution < 1.29 is 41.7 Å². The number of halogens is 4. The molecule has 35 heavy (non-hydrogen) atoms. The fourth-order valence-corrected chi connectivity index (χ4v) is 4.52. The topological polar surface area (TPSA) is 96.6 Å². The monoisotopic (exact) mass is 491 g/mol. The first-order valence-electron chi connectivity index (χ1n) is 10.4. The normalized spacial score (nSPS) is 21.7. The molecule has 1 fully saturated rings. The van der Waals surface area contributed by atoms with Crippen LogP contribution in [0.15, 0.2) is 60.7 Å². The van der Waals surface area contributed by atoms with E-state index in [0.29, 0.717) is 5.75 Å². The van der Waals surface area contributed by atoms with Crippen LogP contribution in [-0.4, -0.2) is 29.8 Å². The highest BCUT2D eigenvalue weighted by molar-refractivity contribution is 5.86. The van der Waals surface area contributed by atoms with Crippen molar-refractivity contribution >= 4 is 11.9 Å². The Balaban J connectivity index is 1.93. The van der Waals surface area contributed by atoms with E-state index in [1.165, 1.54) is 12.1 Å². The second-order valence-electron chi connectivity index (χ2n) is 8.62. The summed E-state index contributed by atoms with van der Waals surface area (Å²) in [4.78, 5) is 24.2. The SMILES string of the molecule is CC1(C)[C@H](/C=C\C(=O)OCC(F)(F)F)[C@@]1(C(=O)O)[C@@H](C#N)c1ccc(F)c(Oc2ccccc2)c1. The van der Waals surface area contributed by atoms with E-state index >= 15 is 0 Å². The maximum Gasteiger partial charge on any atom is 0.422 e. The van der Waals surface area contributed by atoms with Crippen molar-refractivity contribution in [2.45, 2.75) is 25.9 Å². The Hall–Kier alpha value is -3.87. The lowest BCUT2D eigenvalue weighted by Gasteiger charge is -2.22. The molecule has 1 N–H and O–H groups in total. The van der Waals surface area contributed by atoms with E-state index in [4.69, 9.17) is 4.74 Å². The molecule has 0 aliphatic heterocycles. The minimum atomic E-state index is -4.71. The number of hydrogen-bond acceptors (Lipinski definition) is 5. The van der Waals surface area contributed by atoms with E-state index in [-0.39, 0.29) is 11.3 Å². The van der Waals surface area contributed by atoms with Crippen LogP contribution in [0, 0.1) is 33.9 Å². The van der Waals surface area contributed by atoms with Gasteiger partial charge in [-0.15, -0.1) is 0 Å². The van der Waals surface area contributed by atoms with Gasteiger partial charge in [0.1, 0.15) is 11.2 Å². The number of alkyl halides is 3. The molecular weight excluding hydrogens is 470 g/mol. The van der Waals surface area contributed by atoms with Gasteiger partial charge in [-0.25, -0.2) is 9.18 Å². The third-order valence-corrected chi connectivity index (χ3v) is 6.25. The summed E-state index contributed by atoms with van der Waals surface area (Å²) in [6.07, 6.45) is -2.84. The van der Waals surface area contributed by atoms with Gasteiger partial charge in [-0.2, -0.15) is 18.4 Å². The number of carboxylic acid groups (broad SMARTS) is 1. The molecule has 0 radical (unpaired) electrons. The number of rotatable bonds is 8. The molecule has 1 saturated carbocycles. The van der Waals surface area contributed by atoms with Crippen LogP contribution in [0.4, 0.5) is 17.6 Å². The molecule has 10 heteroatoms. The highest BCUT2D eigenvalue weighted by Crippen LogP contribution is 2.75. The zero-order chi connectivity index (χ0) is 26.0. The molecular formula is C25H21F4NO5. The molecule has 0 aromatic heterocycles. The van der Waals surface area contributed by atoms with Crippen LogP contribution in [0.25, 0.3) is 0 Å². The van der Waals surface area contributed by atoms with Gasteiger partial charge < -0.3 is 14.6 Å². The van der Waals surface area contributed by atoms with Crippen molar-refractivity contribution in [3.05, 3.63) is 72.1 Å². The average molecular weight is 491 g/mol. The Morgan fingerprint density at radius 2 is 1.86 bits per heavy atom. The van der Waals surface area contributed by atoms with Crippen molar-refractivity contribution in [2.75, 3.05) is 6.61 Å². The number of benzene rings is 2. The Kier molecular flexibility index (Phi) is 6.92. The largest absolute Gasteiger partial charge is 0.481 e. The lowest BCUT2D eigenvalue weighted by Crippen LogP contribution is -2.29. The first-order valence-corrected chi connectivity index (χ1v) is 10.4.